The van der Waals surface area contributed by atoms with Crippen molar-refractivity contribution in [3.8, 4) is 5.69 Å². The Labute approximate surface area is 178 Å². The molecule has 4 rings (SSSR count). The summed E-state index contributed by atoms with van der Waals surface area (Å²) in [5.74, 6) is 0.0886. The Morgan fingerprint density at radius 1 is 1.07 bits per heavy atom. The van der Waals surface area contributed by atoms with Gasteiger partial charge in [0.15, 0.2) is 0 Å². The minimum Gasteiger partial charge on any atom is -0.339 e. The first kappa shape index (κ1) is 20.3. The number of aromatic nitrogens is 3. The van der Waals surface area contributed by atoms with Crippen LogP contribution in [-0.2, 0) is 6.42 Å². The first-order valence-corrected chi connectivity index (χ1v) is 10.6. The van der Waals surface area contributed by atoms with E-state index in [1.807, 2.05) is 72.2 Å². The monoisotopic (exact) mass is 403 g/mol. The van der Waals surface area contributed by atoms with Gasteiger partial charge in [-0.05, 0) is 62.2 Å². The SMILES string of the molecule is Cc1ccnn1-c1ccc(C(=O)N(C)C2CCN(CCc3ccccn3)CC2)cc1. The third-order valence-corrected chi connectivity index (χ3v) is 6.03. The van der Waals surface area contributed by atoms with Gasteiger partial charge >= 0.3 is 0 Å². The number of benzene rings is 1. The van der Waals surface area contributed by atoms with E-state index in [1.54, 1.807) is 6.20 Å². The van der Waals surface area contributed by atoms with Crippen molar-refractivity contribution in [1.82, 2.24) is 24.6 Å². The Morgan fingerprint density at radius 3 is 2.47 bits per heavy atom. The molecule has 3 aromatic rings. The zero-order valence-corrected chi connectivity index (χ0v) is 17.7. The van der Waals surface area contributed by atoms with Crippen molar-refractivity contribution in [3.05, 3.63) is 77.9 Å². The summed E-state index contributed by atoms with van der Waals surface area (Å²) in [4.78, 5) is 21.8. The maximum Gasteiger partial charge on any atom is 0.253 e. The molecule has 0 spiro atoms. The molecule has 0 unspecified atom stereocenters. The van der Waals surface area contributed by atoms with Crippen molar-refractivity contribution < 1.29 is 4.79 Å². The molecule has 1 aliphatic heterocycles. The Kier molecular flexibility index (Phi) is 6.23. The largest absolute Gasteiger partial charge is 0.339 e. The zero-order chi connectivity index (χ0) is 20.9. The smallest absolute Gasteiger partial charge is 0.253 e. The summed E-state index contributed by atoms with van der Waals surface area (Å²) in [5, 5.41) is 4.32. The summed E-state index contributed by atoms with van der Waals surface area (Å²) in [7, 11) is 1.93. The van der Waals surface area contributed by atoms with Gasteiger partial charge in [0.05, 0.1) is 5.69 Å². The normalized spacial score (nSPS) is 15.3. The van der Waals surface area contributed by atoms with Crippen LogP contribution in [0.25, 0.3) is 5.69 Å². The summed E-state index contributed by atoms with van der Waals surface area (Å²) in [6.07, 6.45) is 6.63. The minimum atomic E-state index is 0.0886. The van der Waals surface area contributed by atoms with Crippen molar-refractivity contribution in [1.29, 1.82) is 0 Å². The molecule has 0 N–H and O–H groups in total. The molecule has 0 radical (unpaired) electrons. The van der Waals surface area contributed by atoms with Crippen LogP contribution in [0.1, 0.15) is 34.6 Å². The molecule has 1 fully saturated rings. The molecule has 1 aromatic carbocycles. The van der Waals surface area contributed by atoms with E-state index in [-0.39, 0.29) is 11.9 Å². The van der Waals surface area contributed by atoms with E-state index in [4.69, 9.17) is 0 Å². The maximum atomic E-state index is 13.0. The molecule has 0 atom stereocenters. The first-order valence-electron chi connectivity index (χ1n) is 10.6. The average molecular weight is 404 g/mol. The number of likely N-dealkylation sites (tertiary alicyclic amines) is 1. The second kappa shape index (κ2) is 9.22. The van der Waals surface area contributed by atoms with Crippen molar-refractivity contribution in [2.75, 3.05) is 26.7 Å². The molecule has 1 amide bonds. The standard InChI is InChI=1S/C24H29N5O/c1-19-10-15-26-29(19)23-8-6-20(7-9-23)24(30)27(2)22-12-17-28(18-13-22)16-11-21-5-3-4-14-25-21/h3-10,14-15,22H,11-13,16-18H2,1-2H3. The summed E-state index contributed by atoms with van der Waals surface area (Å²) < 4.78 is 1.87. The minimum absolute atomic E-state index is 0.0886. The van der Waals surface area contributed by atoms with Gasteiger partial charge in [-0.1, -0.05) is 6.07 Å². The van der Waals surface area contributed by atoms with Crippen molar-refractivity contribution in [2.24, 2.45) is 0 Å². The number of nitrogens with zero attached hydrogens (tertiary/aromatic N) is 5. The Morgan fingerprint density at radius 2 is 1.83 bits per heavy atom. The molecule has 1 saturated heterocycles. The third kappa shape index (κ3) is 4.60. The molecule has 30 heavy (non-hydrogen) atoms. The number of amides is 1. The van der Waals surface area contributed by atoms with E-state index in [1.165, 1.54) is 0 Å². The van der Waals surface area contributed by atoms with E-state index in [2.05, 4.69) is 21.0 Å². The first-order chi connectivity index (χ1) is 14.6. The van der Waals surface area contributed by atoms with Crippen LogP contribution in [0.5, 0.6) is 0 Å². The van der Waals surface area contributed by atoms with Gasteiger partial charge in [-0.25, -0.2) is 4.68 Å². The second-order valence-corrected chi connectivity index (χ2v) is 7.99. The number of hydrogen-bond acceptors (Lipinski definition) is 4. The van der Waals surface area contributed by atoms with Crippen LogP contribution in [0.3, 0.4) is 0 Å². The zero-order valence-electron chi connectivity index (χ0n) is 17.7. The fraction of sp³-hybridized carbons (Fsp3) is 0.375. The van der Waals surface area contributed by atoms with Gasteiger partial charge < -0.3 is 9.80 Å². The van der Waals surface area contributed by atoms with E-state index >= 15 is 0 Å². The van der Waals surface area contributed by atoms with Crippen molar-refractivity contribution in [2.45, 2.75) is 32.2 Å². The van der Waals surface area contributed by atoms with Gasteiger partial charge in [-0.15, -0.1) is 0 Å². The Hall–Kier alpha value is -2.99. The molecule has 3 heterocycles. The van der Waals surface area contributed by atoms with Crippen molar-refractivity contribution >= 4 is 5.91 Å². The second-order valence-electron chi connectivity index (χ2n) is 7.99. The Bertz CT molecular complexity index is 959. The summed E-state index contributed by atoms with van der Waals surface area (Å²) >= 11 is 0. The average Bonchev–Trinajstić information content (AvgIpc) is 3.23. The van der Waals surface area contributed by atoms with Crippen LogP contribution in [0, 0.1) is 6.92 Å². The number of pyridine rings is 1. The highest BCUT2D eigenvalue weighted by atomic mass is 16.2. The van der Waals surface area contributed by atoms with Gasteiger partial charge in [0.25, 0.3) is 5.91 Å². The number of hydrogen-bond donors (Lipinski definition) is 0. The lowest BCUT2D eigenvalue weighted by molar-refractivity contribution is 0.0643. The van der Waals surface area contributed by atoms with E-state index < -0.39 is 0 Å². The highest BCUT2D eigenvalue weighted by molar-refractivity contribution is 5.94. The molecule has 2 aromatic heterocycles. The van der Waals surface area contributed by atoms with Gasteiger partial charge in [0, 0.05) is 68.5 Å². The number of carbonyl (C=O) groups excluding carboxylic acids is 1. The highest BCUT2D eigenvalue weighted by Crippen LogP contribution is 2.19. The van der Waals surface area contributed by atoms with Crippen LogP contribution in [0.15, 0.2) is 60.9 Å². The van der Waals surface area contributed by atoms with Gasteiger partial charge in [-0.2, -0.15) is 5.10 Å². The lowest BCUT2D eigenvalue weighted by Gasteiger charge is -2.36. The molecular formula is C24H29N5O. The van der Waals surface area contributed by atoms with Crippen LogP contribution in [-0.4, -0.2) is 63.2 Å². The predicted octanol–water partition coefficient (Wildman–Crippen LogP) is 3.35. The van der Waals surface area contributed by atoms with Crippen LogP contribution in [0.2, 0.25) is 0 Å². The maximum absolute atomic E-state index is 13.0. The van der Waals surface area contributed by atoms with Gasteiger partial charge in [-0.3, -0.25) is 9.78 Å². The lowest BCUT2D eigenvalue weighted by Crippen LogP contribution is -2.46. The molecule has 0 bridgehead atoms. The molecule has 0 aliphatic carbocycles. The van der Waals surface area contributed by atoms with Gasteiger partial charge in [0.1, 0.15) is 0 Å². The lowest BCUT2D eigenvalue weighted by atomic mass is 10.0. The highest BCUT2D eigenvalue weighted by Gasteiger charge is 2.26. The predicted molar refractivity (Wildman–Crippen MR) is 118 cm³/mol. The van der Waals surface area contributed by atoms with Crippen LogP contribution < -0.4 is 0 Å². The quantitative estimate of drug-likeness (QED) is 0.633. The molecule has 156 valence electrons. The summed E-state index contributed by atoms with van der Waals surface area (Å²) in [6.45, 7) is 5.08. The van der Waals surface area contributed by atoms with Crippen LogP contribution >= 0.6 is 0 Å². The fourth-order valence-corrected chi connectivity index (χ4v) is 4.10. The number of rotatable bonds is 6. The van der Waals surface area contributed by atoms with Crippen molar-refractivity contribution in [3.63, 3.8) is 0 Å². The van der Waals surface area contributed by atoms with Crippen LogP contribution in [0.4, 0.5) is 0 Å². The third-order valence-electron chi connectivity index (χ3n) is 6.03. The number of carbonyl (C=O) groups is 1. The summed E-state index contributed by atoms with van der Waals surface area (Å²) in [6, 6.07) is 16.0. The van der Waals surface area contributed by atoms with E-state index in [0.717, 1.165) is 61.5 Å². The summed E-state index contributed by atoms with van der Waals surface area (Å²) in [5.41, 5.74) is 3.91. The Balaban J connectivity index is 1.30. The number of aryl methyl sites for hydroxylation is 1. The van der Waals surface area contributed by atoms with Gasteiger partial charge in [0.2, 0.25) is 0 Å². The molecule has 6 nitrogen and oxygen atoms in total. The molecule has 6 heteroatoms. The molecule has 1 aliphatic rings. The topological polar surface area (TPSA) is 54.3 Å². The van der Waals surface area contributed by atoms with E-state index in [0.29, 0.717) is 0 Å². The van der Waals surface area contributed by atoms with E-state index in [9.17, 15) is 4.79 Å². The fourth-order valence-electron chi connectivity index (χ4n) is 4.10. The molecule has 0 saturated carbocycles. The number of piperidine rings is 1. The molecular weight excluding hydrogens is 374 g/mol.